The van der Waals surface area contributed by atoms with Gasteiger partial charge in [-0.15, -0.1) is 0 Å². The molecule has 2 aromatic carbocycles. The van der Waals surface area contributed by atoms with Crippen LogP contribution >= 0.6 is 0 Å². The van der Waals surface area contributed by atoms with Gasteiger partial charge in [0.15, 0.2) is 0 Å². The van der Waals surface area contributed by atoms with E-state index in [1.165, 1.54) is 0 Å². The number of amides is 3. The molecule has 148 valence electrons. The molecule has 0 heterocycles. The van der Waals surface area contributed by atoms with Gasteiger partial charge in [0.25, 0.3) is 11.8 Å². The average Bonchev–Trinajstić information content (AvgIpc) is 2.66. The normalized spacial score (nSPS) is 10.9. The molecule has 0 aromatic heterocycles. The fraction of sp³-hybridized carbons (Fsp3) is 0.318. The minimum Gasteiger partial charge on any atom is -0.355 e. The quantitative estimate of drug-likeness (QED) is 0.718. The Morgan fingerprint density at radius 2 is 1.57 bits per heavy atom. The largest absolute Gasteiger partial charge is 0.355 e. The fourth-order valence-electron chi connectivity index (χ4n) is 2.62. The summed E-state index contributed by atoms with van der Waals surface area (Å²) in [6.07, 6.45) is 0.135. The van der Waals surface area contributed by atoms with Crippen LogP contribution in [-0.4, -0.2) is 31.3 Å². The molecule has 6 heteroatoms. The van der Waals surface area contributed by atoms with Crippen molar-refractivity contribution in [3.05, 3.63) is 65.2 Å². The van der Waals surface area contributed by atoms with E-state index in [1.807, 2.05) is 12.1 Å². The molecule has 3 amide bonds. The van der Waals surface area contributed by atoms with E-state index in [2.05, 4.69) is 36.7 Å². The highest BCUT2D eigenvalue weighted by Gasteiger charge is 2.14. The predicted octanol–water partition coefficient (Wildman–Crippen LogP) is 3.10. The molecule has 0 saturated heterocycles. The maximum absolute atomic E-state index is 12.2. The average molecular weight is 381 g/mol. The van der Waals surface area contributed by atoms with Crippen LogP contribution in [0.15, 0.2) is 48.5 Å². The lowest BCUT2D eigenvalue weighted by atomic mass is 9.87. The molecule has 0 spiro atoms. The fourth-order valence-corrected chi connectivity index (χ4v) is 2.62. The van der Waals surface area contributed by atoms with Crippen LogP contribution in [0.5, 0.6) is 0 Å². The van der Waals surface area contributed by atoms with Crippen LogP contribution in [0.2, 0.25) is 0 Å². The Morgan fingerprint density at radius 1 is 0.893 bits per heavy atom. The number of carbonyl (C=O) groups is 3. The van der Waals surface area contributed by atoms with Gasteiger partial charge >= 0.3 is 0 Å². The lowest BCUT2D eigenvalue weighted by Crippen LogP contribution is -2.27. The molecule has 0 bridgehead atoms. The SMILES string of the molecule is CNC(=O)c1cccc(NC(=O)CCNC(=O)c2ccc(C(C)(C)C)cc2)c1. The van der Waals surface area contributed by atoms with Crippen LogP contribution in [0.25, 0.3) is 0 Å². The number of benzene rings is 2. The summed E-state index contributed by atoms with van der Waals surface area (Å²) in [5.41, 5.74) is 2.75. The van der Waals surface area contributed by atoms with E-state index in [9.17, 15) is 14.4 Å². The van der Waals surface area contributed by atoms with Crippen molar-refractivity contribution in [3.63, 3.8) is 0 Å². The first-order valence-electron chi connectivity index (χ1n) is 9.21. The molecule has 6 nitrogen and oxygen atoms in total. The Balaban J connectivity index is 1.83. The van der Waals surface area contributed by atoms with E-state index in [-0.39, 0.29) is 36.1 Å². The lowest BCUT2D eigenvalue weighted by molar-refractivity contribution is -0.116. The molecule has 0 saturated carbocycles. The van der Waals surface area contributed by atoms with Gasteiger partial charge in [-0.25, -0.2) is 0 Å². The molecule has 0 aliphatic carbocycles. The second-order valence-corrected chi connectivity index (χ2v) is 7.54. The minimum absolute atomic E-state index is 0.0300. The van der Waals surface area contributed by atoms with Crippen molar-refractivity contribution >= 4 is 23.4 Å². The Kier molecular flexibility index (Phi) is 6.93. The molecule has 0 atom stereocenters. The van der Waals surface area contributed by atoms with Gasteiger partial charge in [-0.3, -0.25) is 14.4 Å². The molecule has 0 aliphatic heterocycles. The first-order valence-corrected chi connectivity index (χ1v) is 9.21. The van der Waals surface area contributed by atoms with Crippen molar-refractivity contribution in [3.8, 4) is 0 Å². The Hall–Kier alpha value is -3.15. The van der Waals surface area contributed by atoms with E-state index in [4.69, 9.17) is 0 Å². The highest BCUT2D eigenvalue weighted by molar-refractivity contribution is 5.97. The second kappa shape index (κ2) is 9.17. The van der Waals surface area contributed by atoms with E-state index in [0.29, 0.717) is 16.8 Å². The zero-order chi connectivity index (χ0) is 20.7. The molecule has 2 rings (SSSR count). The predicted molar refractivity (Wildman–Crippen MR) is 111 cm³/mol. The Morgan fingerprint density at radius 3 is 2.18 bits per heavy atom. The van der Waals surface area contributed by atoms with Crippen LogP contribution in [0.1, 0.15) is 53.5 Å². The van der Waals surface area contributed by atoms with Gasteiger partial charge < -0.3 is 16.0 Å². The number of nitrogens with one attached hydrogen (secondary N) is 3. The minimum atomic E-state index is -0.238. The molecule has 0 aliphatic rings. The number of hydrogen-bond donors (Lipinski definition) is 3. The van der Waals surface area contributed by atoms with Gasteiger partial charge in [-0.05, 0) is 41.3 Å². The van der Waals surface area contributed by atoms with Crippen LogP contribution in [0.3, 0.4) is 0 Å². The standard InChI is InChI=1S/C22H27N3O3/c1-22(2,3)17-10-8-15(9-11-17)21(28)24-13-12-19(26)25-18-7-5-6-16(14-18)20(27)23-4/h5-11,14H,12-13H2,1-4H3,(H,23,27)(H,24,28)(H,25,26). The summed E-state index contributed by atoms with van der Waals surface area (Å²) < 4.78 is 0. The van der Waals surface area contributed by atoms with E-state index in [0.717, 1.165) is 5.56 Å². The molecular formula is C22H27N3O3. The topological polar surface area (TPSA) is 87.3 Å². The van der Waals surface area contributed by atoms with Crippen LogP contribution < -0.4 is 16.0 Å². The highest BCUT2D eigenvalue weighted by Crippen LogP contribution is 2.22. The van der Waals surface area contributed by atoms with Crippen LogP contribution in [-0.2, 0) is 10.2 Å². The maximum Gasteiger partial charge on any atom is 0.251 e. The molecule has 0 radical (unpaired) electrons. The third kappa shape index (κ3) is 5.94. The monoisotopic (exact) mass is 381 g/mol. The second-order valence-electron chi connectivity index (χ2n) is 7.54. The van der Waals surface area contributed by atoms with Gasteiger partial charge in [0.1, 0.15) is 0 Å². The molecule has 2 aromatic rings. The number of anilines is 1. The summed E-state index contributed by atoms with van der Waals surface area (Å²) in [6.45, 7) is 6.57. The number of rotatable bonds is 6. The number of hydrogen-bond acceptors (Lipinski definition) is 3. The smallest absolute Gasteiger partial charge is 0.251 e. The van der Waals surface area contributed by atoms with Crippen molar-refractivity contribution in [2.45, 2.75) is 32.6 Å². The first kappa shape index (κ1) is 21.2. The van der Waals surface area contributed by atoms with Crippen molar-refractivity contribution in [1.29, 1.82) is 0 Å². The summed E-state index contributed by atoms with van der Waals surface area (Å²) in [5.74, 6) is -0.673. The van der Waals surface area contributed by atoms with E-state index >= 15 is 0 Å². The van der Waals surface area contributed by atoms with Crippen LogP contribution in [0, 0.1) is 0 Å². The molecule has 28 heavy (non-hydrogen) atoms. The molecule has 0 fully saturated rings. The van der Waals surface area contributed by atoms with Gasteiger partial charge in [-0.2, -0.15) is 0 Å². The zero-order valence-corrected chi connectivity index (χ0v) is 16.8. The Bertz CT molecular complexity index is 852. The molecule has 0 unspecified atom stereocenters. The summed E-state index contributed by atoms with van der Waals surface area (Å²) in [5, 5.41) is 8.01. The van der Waals surface area contributed by atoms with E-state index in [1.54, 1.807) is 43.4 Å². The van der Waals surface area contributed by atoms with Gasteiger partial charge in [0, 0.05) is 36.8 Å². The maximum atomic E-state index is 12.2. The third-order valence-corrected chi connectivity index (χ3v) is 4.29. The zero-order valence-electron chi connectivity index (χ0n) is 16.8. The van der Waals surface area contributed by atoms with Gasteiger partial charge in [0.05, 0.1) is 0 Å². The van der Waals surface area contributed by atoms with Crippen molar-refractivity contribution in [2.75, 3.05) is 18.9 Å². The Labute approximate surface area is 165 Å². The van der Waals surface area contributed by atoms with E-state index < -0.39 is 0 Å². The van der Waals surface area contributed by atoms with Crippen molar-refractivity contribution in [1.82, 2.24) is 10.6 Å². The third-order valence-electron chi connectivity index (χ3n) is 4.29. The first-order chi connectivity index (χ1) is 13.2. The van der Waals surface area contributed by atoms with Crippen molar-refractivity contribution in [2.24, 2.45) is 0 Å². The highest BCUT2D eigenvalue weighted by atomic mass is 16.2. The summed E-state index contributed by atoms with van der Waals surface area (Å²) in [6, 6.07) is 14.2. The van der Waals surface area contributed by atoms with Gasteiger partial charge in [-0.1, -0.05) is 39.0 Å². The van der Waals surface area contributed by atoms with Crippen LogP contribution in [0.4, 0.5) is 5.69 Å². The molecular weight excluding hydrogens is 354 g/mol. The molecule has 3 N–H and O–H groups in total. The van der Waals surface area contributed by atoms with Crippen molar-refractivity contribution < 1.29 is 14.4 Å². The summed E-state index contributed by atoms with van der Waals surface area (Å²) >= 11 is 0. The van der Waals surface area contributed by atoms with Gasteiger partial charge in [0.2, 0.25) is 5.91 Å². The lowest BCUT2D eigenvalue weighted by Gasteiger charge is -2.19. The summed E-state index contributed by atoms with van der Waals surface area (Å²) in [4.78, 5) is 35.9. The summed E-state index contributed by atoms with van der Waals surface area (Å²) in [7, 11) is 1.55. The number of carbonyl (C=O) groups excluding carboxylic acids is 3.